The Balaban J connectivity index is 4.17. The lowest BCUT2D eigenvalue weighted by molar-refractivity contribution is -0.258. The minimum Gasteiger partial charge on any atom is -0.356 e. The Bertz CT molecular complexity index is 128. The summed E-state index contributed by atoms with van der Waals surface area (Å²) in [6.07, 6.45) is 0.264. The zero-order valence-corrected chi connectivity index (χ0v) is 9.83. The minimum atomic E-state index is -0.625. The first-order valence-corrected chi connectivity index (χ1v) is 4.95. The van der Waals surface area contributed by atoms with E-state index in [1.165, 1.54) is 0 Å². The quantitative estimate of drug-likeness (QED) is 0.567. The molecule has 0 saturated heterocycles. The van der Waals surface area contributed by atoms with Crippen molar-refractivity contribution in [3.8, 4) is 0 Å². The third-order valence-electron chi connectivity index (χ3n) is 1.96. The van der Waals surface area contributed by atoms with Gasteiger partial charge in [0.25, 0.3) is 0 Å². The van der Waals surface area contributed by atoms with Crippen molar-refractivity contribution in [2.24, 2.45) is 0 Å². The maximum absolute atomic E-state index is 5.52. The van der Waals surface area contributed by atoms with Crippen LogP contribution >= 0.6 is 0 Å². The van der Waals surface area contributed by atoms with Crippen molar-refractivity contribution in [3.05, 3.63) is 0 Å². The molecule has 0 heterocycles. The van der Waals surface area contributed by atoms with Crippen molar-refractivity contribution >= 4 is 0 Å². The van der Waals surface area contributed by atoms with E-state index < -0.39 is 5.79 Å². The Kier molecular flexibility index (Phi) is 7.09. The molecule has 0 N–H and O–H groups in total. The van der Waals surface area contributed by atoms with Gasteiger partial charge in [0.05, 0.1) is 6.42 Å². The van der Waals surface area contributed by atoms with E-state index in [1.807, 2.05) is 20.8 Å². The van der Waals surface area contributed by atoms with Crippen molar-refractivity contribution in [1.29, 1.82) is 0 Å². The van der Waals surface area contributed by atoms with Crippen LogP contribution in [-0.2, 0) is 18.9 Å². The molecule has 0 aliphatic rings. The predicted molar refractivity (Wildman–Crippen MR) is 54.1 cm³/mol. The fourth-order valence-corrected chi connectivity index (χ4v) is 1.34. The van der Waals surface area contributed by atoms with Gasteiger partial charge in [-0.2, -0.15) is 0 Å². The third-order valence-corrected chi connectivity index (χ3v) is 1.96. The van der Waals surface area contributed by atoms with Crippen LogP contribution in [0.15, 0.2) is 0 Å². The Hall–Kier alpha value is -0.160. The largest absolute Gasteiger partial charge is 0.356 e. The van der Waals surface area contributed by atoms with E-state index in [4.69, 9.17) is 18.9 Å². The highest BCUT2D eigenvalue weighted by atomic mass is 16.7. The van der Waals surface area contributed by atoms with Gasteiger partial charge in [-0.25, -0.2) is 0 Å². The van der Waals surface area contributed by atoms with E-state index in [0.29, 0.717) is 19.6 Å². The van der Waals surface area contributed by atoms with Gasteiger partial charge in [0.2, 0.25) is 0 Å². The molecule has 0 rings (SSSR count). The average Bonchev–Trinajstić information content (AvgIpc) is 2.15. The summed E-state index contributed by atoms with van der Waals surface area (Å²) >= 11 is 0. The van der Waals surface area contributed by atoms with Crippen molar-refractivity contribution in [2.75, 3.05) is 27.4 Å². The molecular weight excluding hydrogens is 184 g/mol. The van der Waals surface area contributed by atoms with E-state index in [2.05, 4.69) is 0 Å². The van der Waals surface area contributed by atoms with Crippen LogP contribution in [0.2, 0.25) is 0 Å². The van der Waals surface area contributed by atoms with E-state index in [0.717, 1.165) is 0 Å². The number of rotatable bonds is 8. The van der Waals surface area contributed by atoms with Gasteiger partial charge in [-0.1, -0.05) is 0 Å². The molecule has 0 bridgehead atoms. The SMILES string of the molecule is CCOC(C)(CC(OC)OC)OCC. The van der Waals surface area contributed by atoms with Crippen molar-refractivity contribution < 1.29 is 18.9 Å². The number of hydrogen-bond donors (Lipinski definition) is 0. The van der Waals surface area contributed by atoms with Crippen LogP contribution in [-0.4, -0.2) is 39.5 Å². The number of ether oxygens (including phenoxy) is 4. The van der Waals surface area contributed by atoms with Crippen molar-refractivity contribution in [1.82, 2.24) is 0 Å². The molecule has 0 spiro atoms. The van der Waals surface area contributed by atoms with Gasteiger partial charge in [-0.05, 0) is 20.8 Å². The summed E-state index contributed by atoms with van der Waals surface area (Å²) in [5, 5.41) is 0. The topological polar surface area (TPSA) is 36.9 Å². The Morgan fingerprint density at radius 3 is 1.71 bits per heavy atom. The van der Waals surface area contributed by atoms with E-state index in [-0.39, 0.29) is 6.29 Å². The standard InChI is InChI=1S/C10H22O4/c1-6-13-10(3,14-7-2)8-9(11-4)12-5/h9H,6-8H2,1-5H3. The Labute approximate surface area is 86.5 Å². The maximum Gasteiger partial charge on any atom is 0.170 e. The zero-order chi connectivity index (χ0) is 11.0. The van der Waals surface area contributed by atoms with Crippen LogP contribution < -0.4 is 0 Å². The van der Waals surface area contributed by atoms with Crippen LogP contribution in [0.3, 0.4) is 0 Å². The monoisotopic (exact) mass is 206 g/mol. The molecule has 4 heteroatoms. The molecule has 0 aliphatic heterocycles. The lowest BCUT2D eigenvalue weighted by Gasteiger charge is -2.31. The average molecular weight is 206 g/mol. The summed E-state index contributed by atoms with van der Waals surface area (Å²) in [4.78, 5) is 0. The summed E-state index contributed by atoms with van der Waals surface area (Å²) < 4.78 is 21.3. The van der Waals surface area contributed by atoms with E-state index in [9.17, 15) is 0 Å². The Morgan fingerprint density at radius 2 is 1.43 bits per heavy atom. The second-order valence-electron chi connectivity index (χ2n) is 3.10. The molecular formula is C10H22O4. The fraction of sp³-hybridized carbons (Fsp3) is 1.00. The van der Waals surface area contributed by atoms with Gasteiger partial charge in [-0.3, -0.25) is 0 Å². The molecule has 0 radical (unpaired) electrons. The predicted octanol–water partition coefficient (Wildman–Crippen LogP) is 1.78. The third kappa shape index (κ3) is 4.91. The molecule has 0 unspecified atom stereocenters. The number of methoxy groups -OCH3 is 2. The summed E-state index contributed by atoms with van der Waals surface area (Å²) in [5.74, 6) is -0.625. The van der Waals surface area contributed by atoms with Gasteiger partial charge >= 0.3 is 0 Å². The van der Waals surface area contributed by atoms with Gasteiger partial charge in [0.15, 0.2) is 12.1 Å². The smallest absolute Gasteiger partial charge is 0.170 e. The van der Waals surface area contributed by atoms with Crippen LogP contribution in [0.25, 0.3) is 0 Å². The van der Waals surface area contributed by atoms with Crippen molar-refractivity contribution in [2.45, 2.75) is 39.3 Å². The molecule has 0 atom stereocenters. The zero-order valence-electron chi connectivity index (χ0n) is 9.83. The van der Waals surface area contributed by atoms with Crippen molar-refractivity contribution in [3.63, 3.8) is 0 Å². The lowest BCUT2D eigenvalue weighted by atomic mass is 10.2. The maximum atomic E-state index is 5.52. The molecule has 0 aromatic rings. The summed E-state index contributed by atoms with van der Waals surface area (Å²) in [6, 6.07) is 0. The molecule has 4 nitrogen and oxygen atoms in total. The summed E-state index contributed by atoms with van der Waals surface area (Å²) in [5.41, 5.74) is 0. The highest BCUT2D eigenvalue weighted by Gasteiger charge is 2.29. The first-order chi connectivity index (χ1) is 6.61. The molecule has 0 saturated carbocycles. The highest BCUT2D eigenvalue weighted by Crippen LogP contribution is 2.21. The van der Waals surface area contributed by atoms with Gasteiger partial charge in [-0.15, -0.1) is 0 Å². The highest BCUT2D eigenvalue weighted by molar-refractivity contribution is 4.65. The minimum absolute atomic E-state index is 0.293. The molecule has 0 aliphatic carbocycles. The molecule has 14 heavy (non-hydrogen) atoms. The van der Waals surface area contributed by atoms with Gasteiger partial charge < -0.3 is 18.9 Å². The van der Waals surface area contributed by atoms with Crippen LogP contribution in [0.4, 0.5) is 0 Å². The first kappa shape index (κ1) is 13.8. The van der Waals surface area contributed by atoms with Crippen LogP contribution in [0.1, 0.15) is 27.2 Å². The summed E-state index contributed by atoms with van der Waals surface area (Å²) in [6.45, 7) is 6.98. The van der Waals surface area contributed by atoms with Gasteiger partial charge in [0, 0.05) is 27.4 Å². The molecule has 0 aromatic carbocycles. The van der Waals surface area contributed by atoms with E-state index >= 15 is 0 Å². The number of hydrogen-bond acceptors (Lipinski definition) is 4. The Morgan fingerprint density at radius 1 is 1.00 bits per heavy atom. The summed E-state index contributed by atoms with van der Waals surface area (Å²) in [7, 11) is 3.21. The normalized spacial score (nSPS) is 12.4. The lowest BCUT2D eigenvalue weighted by Crippen LogP contribution is -2.37. The van der Waals surface area contributed by atoms with E-state index in [1.54, 1.807) is 14.2 Å². The second-order valence-corrected chi connectivity index (χ2v) is 3.10. The second kappa shape index (κ2) is 7.17. The fourth-order valence-electron chi connectivity index (χ4n) is 1.34. The van der Waals surface area contributed by atoms with Crippen LogP contribution in [0, 0.1) is 0 Å². The molecule has 0 fully saturated rings. The molecule has 86 valence electrons. The molecule has 0 aromatic heterocycles. The molecule has 0 amide bonds. The van der Waals surface area contributed by atoms with Gasteiger partial charge in [0.1, 0.15) is 0 Å². The first-order valence-electron chi connectivity index (χ1n) is 4.95. The van der Waals surface area contributed by atoms with Crippen LogP contribution in [0.5, 0.6) is 0 Å².